The number of hydrogen-bond acceptors (Lipinski definition) is 4. The molecular formula is C20H23ClN2O2S2. The molecule has 7 heteroatoms. The number of amides is 2. The Morgan fingerprint density at radius 1 is 1.22 bits per heavy atom. The molecule has 0 saturated carbocycles. The summed E-state index contributed by atoms with van der Waals surface area (Å²) < 4.78 is 0. The molecule has 3 rings (SSSR count). The highest BCUT2D eigenvalue weighted by molar-refractivity contribution is 7.99. The smallest absolute Gasteiger partial charge is 0.257 e. The summed E-state index contributed by atoms with van der Waals surface area (Å²) in [5, 5.41) is 5.23. The molecule has 0 radical (unpaired) electrons. The Bertz CT molecular complexity index is 782. The van der Waals surface area contributed by atoms with Crippen molar-refractivity contribution in [3.63, 3.8) is 0 Å². The van der Waals surface area contributed by atoms with E-state index in [0.29, 0.717) is 22.9 Å². The number of thioether (sulfide) groups is 1. The third kappa shape index (κ3) is 4.68. The van der Waals surface area contributed by atoms with E-state index in [-0.39, 0.29) is 17.2 Å². The van der Waals surface area contributed by atoms with Crippen LogP contribution in [0.5, 0.6) is 0 Å². The molecule has 2 atom stereocenters. The van der Waals surface area contributed by atoms with Crippen LogP contribution in [0.2, 0.25) is 5.02 Å². The van der Waals surface area contributed by atoms with Gasteiger partial charge in [-0.05, 0) is 30.0 Å². The van der Waals surface area contributed by atoms with Gasteiger partial charge in [-0.15, -0.1) is 23.1 Å². The number of hydrogen-bond donors (Lipinski definition) is 1. The number of carbonyl (C=O) groups excluding carboxylic acids is 2. The predicted octanol–water partition coefficient (Wildman–Crippen LogP) is 4.96. The topological polar surface area (TPSA) is 49.4 Å². The molecule has 144 valence electrons. The van der Waals surface area contributed by atoms with Crippen LogP contribution < -0.4 is 5.32 Å². The highest BCUT2D eigenvalue weighted by Crippen LogP contribution is 2.44. The minimum absolute atomic E-state index is 0.0851. The van der Waals surface area contributed by atoms with Gasteiger partial charge in [-0.25, -0.2) is 0 Å². The van der Waals surface area contributed by atoms with Crippen LogP contribution in [0.4, 0.5) is 0 Å². The van der Waals surface area contributed by atoms with E-state index in [4.69, 9.17) is 11.6 Å². The first-order chi connectivity index (χ1) is 13.1. The van der Waals surface area contributed by atoms with Gasteiger partial charge in [-0.2, -0.15) is 0 Å². The second-order valence-electron chi connectivity index (χ2n) is 6.41. The van der Waals surface area contributed by atoms with E-state index >= 15 is 0 Å². The fourth-order valence-corrected chi connectivity index (χ4v) is 5.70. The largest absolute Gasteiger partial charge is 0.354 e. The average molecular weight is 423 g/mol. The summed E-state index contributed by atoms with van der Waals surface area (Å²) in [6.45, 7) is 2.77. The Morgan fingerprint density at radius 3 is 2.74 bits per heavy atom. The van der Waals surface area contributed by atoms with Crippen molar-refractivity contribution in [2.45, 2.75) is 37.6 Å². The van der Waals surface area contributed by atoms with Crippen LogP contribution in [-0.2, 0) is 4.79 Å². The molecule has 2 heterocycles. The molecule has 0 spiro atoms. The first-order valence-corrected chi connectivity index (χ1v) is 11.4. The van der Waals surface area contributed by atoms with E-state index in [1.165, 1.54) is 0 Å². The van der Waals surface area contributed by atoms with Gasteiger partial charge in [-0.1, -0.05) is 49.6 Å². The van der Waals surface area contributed by atoms with E-state index in [1.54, 1.807) is 52.3 Å². The third-order valence-corrected chi connectivity index (χ3v) is 7.22. The summed E-state index contributed by atoms with van der Waals surface area (Å²) in [6, 6.07) is 10.5. The van der Waals surface area contributed by atoms with Gasteiger partial charge in [0, 0.05) is 17.2 Å². The first kappa shape index (κ1) is 20.2. The van der Waals surface area contributed by atoms with Crippen LogP contribution in [0.25, 0.3) is 0 Å². The van der Waals surface area contributed by atoms with Crippen LogP contribution in [0.3, 0.4) is 0 Å². The zero-order valence-corrected chi connectivity index (χ0v) is 17.6. The molecule has 4 nitrogen and oxygen atoms in total. The standard InChI is InChI=1S/C20H23ClN2O2S2/c1-2-3-6-11-22-18(24)16-13-27-20(17-10-7-12-26-17)23(16)19(25)14-8-4-5-9-15(14)21/h4-5,7-10,12,16,20H,2-3,6,11,13H2,1H3,(H,22,24)/t16-,20-/m0/s1. The van der Waals surface area contributed by atoms with Crippen LogP contribution in [0, 0.1) is 0 Å². The lowest BCUT2D eigenvalue weighted by Crippen LogP contribution is -2.48. The highest BCUT2D eigenvalue weighted by Gasteiger charge is 2.43. The first-order valence-electron chi connectivity index (χ1n) is 9.13. The Labute approximate surface area is 173 Å². The van der Waals surface area contributed by atoms with E-state index < -0.39 is 6.04 Å². The van der Waals surface area contributed by atoms with E-state index in [0.717, 1.165) is 24.1 Å². The van der Waals surface area contributed by atoms with E-state index in [1.807, 2.05) is 17.5 Å². The maximum atomic E-state index is 13.3. The van der Waals surface area contributed by atoms with Crippen LogP contribution in [0.1, 0.15) is 46.8 Å². The van der Waals surface area contributed by atoms with Crippen LogP contribution >= 0.6 is 34.7 Å². The Hall–Kier alpha value is -1.50. The molecule has 1 N–H and O–H groups in total. The lowest BCUT2D eigenvalue weighted by atomic mass is 10.1. The second kappa shape index (κ2) is 9.62. The summed E-state index contributed by atoms with van der Waals surface area (Å²) >= 11 is 9.49. The molecular weight excluding hydrogens is 400 g/mol. The number of rotatable bonds is 7. The van der Waals surface area contributed by atoms with Gasteiger partial charge in [0.2, 0.25) is 5.91 Å². The molecule has 1 aliphatic rings. The van der Waals surface area contributed by atoms with E-state index in [2.05, 4.69) is 12.2 Å². The van der Waals surface area contributed by atoms with Crippen molar-refractivity contribution in [2.24, 2.45) is 0 Å². The molecule has 1 fully saturated rings. The summed E-state index contributed by atoms with van der Waals surface area (Å²) in [5.74, 6) is 0.300. The maximum Gasteiger partial charge on any atom is 0.257 e. The SMILES string of the molecule is CCCCCNC(=O)[C@@H]1CS[C@@H](c2cccs2)N1C(=O)c1ccccc1Cl. The number of carbonyl (C=O) groups is 2. The minimum Gasteiger partial charge on any atom is -0.354 e. The molecule has 1 aromatic heterocycles. The third-order valence-electron chi connectivity index (χ3n) is 4.51. The number of thiophene rings is 1. The molecule has 0 bridgehead atoms. The Balaban J connectivity index is 1.83. The maximum absolute atomic E-state index is 13.3. The average Bonchev–Trinajstić information content (AvgIpc) is 3.34. The van der Waals surface area contributed by atoms with Crippen molar-refractivity contribution < 1.29 is 9.59 Å². The molecule has 1 saturated heterocycles. The molecule has 0 unspecified atom stereocenters. The lowest BCUT2D eigenvalue weighted by molar-refractivity contribution is -0.124. The van der Waals surface area contributed by atoms with Crippen molar-refractivity contribution in [3.8, 4) is 0 Å². The molecule has 27 heavy (non-hydrogen) atoms. The van der Waals surface area contributed by atoms with Gasteiger partial charge in [0.15, 0.2) is 0 Å². The predicted molar refractivity (Wildman–Crippen MR) is 113 cm³/mol. The summed E-state index contributed by atoms with van der Waals surface area (Å²) in [5.41, 5.74) is 0.437. The normalized spacial score (nSPS) is 19.3. The number of halogens is 1. The van der Waals surface area contributed by atoms with Gasteiger partial charge in [0.05, 0.1) is 10.6 Å². The zero-order valence-electron chi connectivity index (χ0n) is 15.2. The quantitative estimate of drug-likeness (QED) is 0.641. The molecule has 0 aliphatic carbocycles. The van der Waals surface area contributed by atoms with Gasteiger partial charge >= 0.3 is 0 Å². The highest BCUT2D eigenvalue weighted by atomic mass is 35.5. The molecule has 1 aromatic carbocycles. The Kier molecular flexibility index (Phi) is 7.21. The fourth-order valence-electron chi connectivity index (χ4n) is 3.09. The van der Waals surface area contributed by atoms with Crippen molar-refractivity contribution in [3.05, 3.63) is 57.2 Å². The monoisotopic (exact) mass is 422 g/mol. The number of nitrogens with zero attached hydrogens (tertiary/aromatic N) is 1. The van der Waals surface area contributed by atoms with Crippen LogP contribution in [0.15, 0.2) is 41.8 Å². The van der Waals surface area contributed by atoms with Crippen molar-refractivity contribution in [1.82, 2.24) is 10.2 Å². The summed E-state index contributed by atoms with van der Waals surface area (Å²) in [6.07, 6.45) is 3.14. The Morgan fingerprint density at radius 2 is 2.04 bits per heavy atom. The molecule has 2 aromatic rings. The molecule has 1 aliphatic heterocycles. The van der Waals surface area contributed by atoms with Gasteiger partial charge in [0.1, 0.15) is 11.4 Å². The molecule has 2 amide bonds. The van der Waals surface area contributed by atoms with Gasteiger partial charge in [-0.3, -0.25) is 9.59 Å². The van der Waals surface area contributed by atoms with Gasteiger partial charge < -0.3 is 10.2 Å². The summed E-state index contributed by atoms with van der Waals surface area (Å²) in [7, 11) is 0. The zero-order chi connectivity index (χ0) is 19.2. The second-order valence-corrected chi connectivity index (χ2v) is 8.91. The lowest BCUT2D eigenvalue weighted by Gasteiger charge is -2.28. The fraction of sp³-hybridized carbons (Fsp3) is 0.400. The summed E-state index contributed by atoms with van der Waals surface area (Å²) in [4.78, 5) is 28.9. The van der Waals surface area contributed by atoms with Crippen molar-refractivity contribution >= 4 is 46.5 Å². The number of unbranched alkanes of at least 4 members (excludes halogenated alkanes) is 2. The van der Waals surface area contributed by atoms with Crippen molar-refractivity contribution in [2.75, 3.05) is 12.3 Å². The van der Waals surface area contributed by atoms with Crippen LogP contribution in [-0.4, -0.2) is 35.1 Å². The van der Waals surface area contributed by atoms with Gasteiger partial charge in [0.25, 0.3) is 5.91 Å². The van der Waals surface area contributed by atoms with Crippen molar-refractivity contribution in [1.29, 1.82) is 0 Å². The minimum atomic E-state index is -0.493. The van der Waals surface area contributed by atoms with E-state index in [9.17, 15) is 9.59 Å². The number of benzene rings is 1. The number of nitrogens with one attached hydrogen (secondary N) is 1.